The summed E-state index contributed by atoms with van der Waals surface area (Å²) >= 11 is 3.44. The molecule has 0 aliphatic rings. The Bertz CT molecular complexity index is 1150. The van der Waals surface area contributed by atoms with Gasteiger partial charge in [-0.05, 0) is 29.7 Å². The van der Waals surface area contributed by atoms with Crippen LogP contribution < -0.4 is 21.8 Å². The monoisotopic (exact) mass is 414 g/mol. The van der Waals surface area contributed by atoms with Crippen LogP contribution in [-0.4, -0.2) is 19.5 Å². The molecule has 0 fully saturated rings. The summed E-state index contributed by atoms with van der Waals surface area (Å²) in [5.41, 5.74) is 1.98. The topological polar surface area (TPSA) is 83.5 Å². The van der Waals surface area contributed by atoms with Gasteiger partial charge in [-0.2, -0.15) is 0 Å². The van der Waals surface area contributed by atoms with Gasteiger partial charge in [-0.3, -0.25) is 9.59 Å². The van der Waals surface area contributed by atoms with Crippen LogP contribution in [0.25, 0.3) is 12.7 Å². The fourth-order valence-corrected chi connectivity index (χ4v) is 3.08. The number of rotatable bonds is 4. The fraction of sp³-hybridized carbons (Fsp3) is 0.211. The number of imidazole rings is 1. The van der Waals surface area contributed by atoms with Gasteiger partial charge in [0.05, 0.1) is 17.4 Å². The lowest BCUT2D eigenvalue weighted by Crippen LogP contribution is -2.46. The molecule has 0 aliphatic carbocycles. The second-order valence-electron chi connectivity index (χ2n) is 6.37. The van der Waals surface area contributed by atoms with Gasteiger partial charge in [0.25, 0.3) is 11.1 Å². The Hall–Kier alpha value is -2.67. The standard InChI is InChI=1S/C19H19BrN4O2/c1-11(2)17-15(8-16-19(26)22-12(3)18(25)23-16)21-10-24(17)9-13-4-6-14(20)7-5-13/h4-8,10-11H,3,9H2,1-2H3,(H,22,26)(H,23,25). The summed E-state index contributed by atoms with van der Waals surface area (Å²) in [6.45, 7) is 8.30. The Kier molecular flexibility index (Phi) is 5.08. The number of aromatic nitrogens is 4. The minimum Gasteiger partial charge on any atom is -0.329 e. The van der Waals surface area contributed by atoms with Crippen LogP contribution in [0.5, 0.6) is 0 Å². The molecular formula is C19H19BrN4O2. The number of nitrogens with zero attached hydrogens (tertiary/aromatic N) is 2. The number of halogens is 1. The molecule has 0 saturated carbocycles. The van der Waals surface area contributed by atoms with Crippen molar-refractivity contribution in [3.05, 3.63) is 83.4 Å². The molecule has 7 heteroatoms. The third kappa shape index (κ3) is 3.77. The predicted octanol–water partition coefficient (Wildman–Crippen LogP) is 1.43. The molecule has 134 valence electrons. The summed E-state index contributed by atoms with van der Waals surface area (Å²) in [5, 5.41) is 0.204. The van der Waals surface area contributed by atoms with E-state index >= 15 is 0 Å². The maximum Gasteiger partial charge on any atom is 0.272 e. The third-order valence-electron chi connectivity index (χ3n) is 4.03. The second kappa shape index (κ2) is 7.29. The van der Waals surface area contributed by atoms with Gasteiger partial charge in [0.15, 0.2) is 0 Å². The zero-order valence-electron chi connectivity index (χ0n) is 14.5. The molecule has 0 atom stereocenters. The van der Waals surface area contributed by atoms with Gasteiger partial charge in [0, 0.05) is 16.7 Å². The van der Waals surface area contributed by atoms with Crippen molar-refractivity contribution < 1.29 is 0 Å². The Balaban J connectivity index is 2.08. The zero-order valence-corrected chi connectivity index (χ0v) is 16.1. The van der Waals surface area contributed by atoms with E-state index < -0.39 is 11.1 Å². The number of benzene rings is 1. The van der Waals surface area contributed by atoms with E-state index in [9.17, 15) is 9.59 Å². The molecule has 0 spiro atoms. The lowest BCUT2D eigenvalue weighted by molar-refractivity contribution is 0.690. The Labute approximate surface area is 158 Å². The second-order valence-corrected chi connectivity index (χ2v) is 7.28. The minimum absolute atomic E-state index is 0.0389. The minimum atomic E-state index is -0.420. The molecule has 2 aromatic heterocycles. The third-order valence-corrected chi connectivity index (χ3v) is 4.56. The average Bonchev–Trinajstić information content (AvgIpc) is 2.97. The Morgan fingerprint density at radius 1 is 1.19 bits per heavy atom. The van der Waals surface area contributed by atoms with Gasteiger partial charge in [0.2, 0.25) is 0 Å². The molecule has 0 saturated heterocycles. The van der Waals surface area contributed by atoms with Gasteiger partial charge < -0.3 is 14.5 Å². The van der Waals surface area contributed by atoms with E-state index in [1.165, 1.54) is 0 Å². The van der Waals surface area contributed by atoms with Crippen LogP contribution in [0.1, 0.15) is 36.7 Å². The first-order chi connectivity index (χ1) is 12.3. The molecule has 2 heterocycles. The summed E-state index contributed by atoms with van der Waals surface area (Å²) in [7, 11) is 0. The van der Waals surface area contributed by atoms with Gasteiger partial charge >= 0.3 is 0 Å². The van der Waals surface area contributed by atoms with Crippen LogP contribution in [0.2, 0.25) is 0 Å². The first kappa shape index (κ1) is 18.1. The first-order valence-electron chi connectivity index (χ1n) is 8.18. The molecule has 0 unspecified atom stereocenters. The van der Waals surface area contributed by atoms with Crippen LogP contribution in [-0.2, 0) is 6.54 Å². The molecule has 0 bridgehead atoms. The molecule has 0 amide bonds. The number of H-pyrrole nitrogens is 2. The number of hydrogen-bond acceptors (Lipinski definition) is 3. The molecule has 6 nitrogen and oxygen atoms in total. The molecule has 3 rings (SSSR count). The van der Waals surface area contributed by atoms with Crippen LogP contribution in [0.15, 0.2) is 44.7 Å². The highest BCUT2D eigenvalue weighted by molar-refractivity contribution is 9.10. The van der Waals surface area contributed by atoms with Gasteiger partial charge in [-0.25, -0.2) is 4.98 Å². The summed E-state index contributed by atoms with van der Waals surface area (Å²) < 4.78 is 3.09. The van der Waals surface area contributed by atoms with E-state index in [4.69, 9.17) is 0 Å². The van der Waals surface area contributed by atoms with E-state index in [2.05, 4.69) is 55.9 Å². The predicted molar refractivity (Wildman–Crippen MR) is 106 cm³/mol. The van der Waals surface area contributed by atoms with E-state index in [0.29, 0.717) is 12.2 Å². The maximum atomic E-state index is 12.1. The quantitative estimate of drug-likeness (QED) is 0.677. The Morgan fingerprint density at radius 3 is 2.54 bits per heavy atom. The van der Waals surface area contributed by atoms with E-state index in [-0.39, 0.29) is 16.6 Å². The van der Waals surface area contributed by atoms with E-state index in [0.717, 1.165) is 15.7 Å². The van der Waals surface area contributed by atoms with E-state index in [1.807, 2.05) is 24.3 Å². The number of aromatic amines is 2. The van der Waals surface area contributed by atoms with Crippen LogP contribution in [0, 0.1) is 0 Å². The number of nitrogens with one attached hydrogen (secondary N) is 2. The molecule has 0 aliphatic heterocycles. The van der Waals surface area contributed by atoms with Crippen molar-refractivity contribution in [2.45, 2.75) is 26.3 Å². The van der Waals surface area contributed by atoms with Crippen molar-refractivity contribution in [1.82, 2.24) is 19.5 Å². The molecular weight excluding hydrogens is 396 g/mol. The molecule has 2 N–H and O–H groups in total. The highest BCUT2D eigenvalue weighted by atomic mass is 79.9. The van der Waals surface area contributed by atoms with Crippen molar-refractivity contribution in [3.63, 3.8) is 0 Å². The Morgan fingerprint density at radius 2 is 1.88 bits per heavy atom. The van der Waals surface area contributed by atoms with Crippen molar-refractivity contribution >= 4 is 28.6 Å². The van der Waals surface area contributed by atoms with Gasteiger partial charge in [-0.15, -0.1) is 0 Å². The van der Waals surface area contributed by atoms with Crippen molar-refractivity contribution in [2.24, 2.45) is 0 Å². The molecule has 3 aromatic rings. The van der Waals surface area contributed by atoms with Crippen molar-refractivity contribution in [2.75, 3.05) is 0 Å². The maximum absolute atomic E-state index is 12.1. The molecule has 0 radical (unpaired) electrons. The van der Waals surface area contributed by atoms with Crippen LogP contribution >= 0.6 is 15.9 Å². The smallest absolute Gasteiger partial charge is 0.272 e. The largest absolute Gasteiger partial charge is 0.329 e. The molecule has 26 heavy (non-hydrogen) atoms. The van der Waals surface area contributed by atoms with Crippen molar-refractivity contribution in [3.8, 4) is 0 Å². The fourth-order valence-electron chi connectivity index (χ4n) is 2.81. The SMILES string of the molecule is C=c1[nH]c(=O)c(=Cc2ncn(Cc3ccc(Br)cc3)c2C(C)C)[nH]c1=O. The summed E-state index contributed by atoms with van der Waals surface area (Å²) in [6.07, 6.45) is 3.36. The lowest BCUT2D eigenvalue weighted by atomic mass is 10.1. The summed E-state index contributed by atoms with van der Waals surface area (Å²) in [6, 6.07) is 8.09. The molecule has 1 aromatic carbocycles. The summed E-state index contributed by atoms with van der Waals surface area (Å²) in [4.78, 5) is 33.3. The zero-order chi connectivity index (χ0) is 18.8. The normalized spacial score (nSPS) is 12.1. The number of hydrogen-bond donors (Lipinski definition) is 2. The van der Waals surface area contributed by atoms with Crippen LogP contribution in [0.3, 0.4) is 0 Å². The average molecular weight is 415 g/mol. The van der Waals surface area contributed by atoms with Crippen LogP contribution in [0.4, 0.5) is 0 Å². The van der Waals surface area contributed by atoms with Crippen molar-refractivity contribution in [1.29, 1.82) is 0 Å². The lowest BCUT2D eigenvalue weighted by Gasteiger charge is -2.12. The van der Waals surface area contributed by atoms with Gasteiger partial charge in [0.1, 0.15) is 5.35 Å². The highest BCUT2D eigenvalue weighted by Gasteiger charge is 2.13. The first-order valence-corrected chi connectivity index (χ1v) is 8.97. The summed E-state index contributed by atoms with van der Waals surface area (Å²) in [5.74, 6) is 0.192. The van der Waals surface area contributed by atoms with Gasteiger partial charge in [-0.1, -0.05) is 48.5 Å². The highest BCUT2D eigenvalue weighted by Crippen LogP contribution is 2.21. The van der Waals surface area contributed by atoms with E-state index in [1.54, 1.807) is 12.4 Å².